The van der Waals surface area contributed by atoms with E-state index in [2.05, 4.69) is 9.47 Å². The van der Waals surface area contributed by atoms with Gasteiger partial charge in [-0.1, -0.05) is 0 Å². The van der Waals surface area contributed by atoms with Crippen LogP contribution in [0.15, 0.2) is 18.2 Å². The predicted octanol–water partition coefficient (Wildman–Crippen LogP) is 1.64. The average molecular weight is 257 g/mol. The van der Waals surface area contributed by atoms with Gasteiger partial charge in [0.25, 0.3) is 5.24 Å². The van der Waals surface area contributed by atoms with Crippen molar-refractivity contribution >= 4 is 28.8 Å². The summed E-state index contributed by atoms with van der Waals surface area (Å²) in [6.45, 7) is 0. The fourth-order valence-corrected chi connectivity index (χ4v) is 1.40. The molecular formula is C11H9ClO5. The van der Waals surface area contributed by atoms with Crippen molar-refractivity contribution in [2.24, 2.45) is 0 Å². The van der Waals surface area contributed by atoms with Crippen molar-refractivity contribution in [2.75, 3.05) is 14.2 Å². The van der Waals surface area contributed by atoms with E-state index in [9.17, 15) is 14.4 Å². The molecule has 0 aliphatic rings. The van der Waals surface area contributed by atoms with Gasteiger partial charge in [0.05, 0.1) is 25.3 Å². The minimum absolute atomic E-state index is 0.000142. The van der Waals surface area contributed by atoms with Gasteiger partial charge in [-0.3, -0.25) is 4.79 Å². The van der Waals surface area contributed by atoms with Crippen molar-refractivity contribution in [2.45, 2.75) is 0 Å². The number of ether oxygens (including phenoxy) is 2. The summed E-state index contributed by atoms with van der Waals surface area (Å²) < 4.78 is 8.98. The third-order valence-electron chi connectivity index (χ3n) is 2.06. The number of rotatable bonds is 3. The molecule has 0 atom stereocenters. The Labute approximate surface area is 102 Å². The first-order valence-corrected chi connectivity index (χ1v) is 4.89. The van der Waals surface area contributed by atoms with Crippen LogP contribution in [0.3, 0.4) is 0 Å². The number of hydrogen-bond acceptors (Lipinski definition) is 5. The van der Waals surface area contributed by atoms with Crippen molar-refractivity contribution in [3.63, 3.8) is 0 Å². The Morgan fingerprint density at radius 3 is 2.06 bits per heavy atom. The molecule has 0 spiro atoms. The van der Waals surface area contributed by atoms with E-state index < -0.39 is 17.2 Å². The first-order valence-electron chi connectivity index (χ1n) is 4.51. The molecule has 6 heteroatoms. The van der Waals surface area contributed by atoms with E-state index in [-0.39, 0.29) is 16.7 Å². The molecule has 5 nitrogen and oxygen atoms in total. The van der Waals surface area contributed by atoms with Crippen molar-refractivity contribution in [1.82, 2.24) is 0 Å². The lowest BCUT2D eigenvalue weighted by molar-refractivity contribution is 0.0585. The van der Waals surface area contributed by atoms with Crippen LogP contribution in [-0.2, 0) is 9.47 Å². The van der Waals surface area contributed by atoms with Gasteiger partial charge in [0.2, 0.25) is 0 Å². The summed E-state index contributed by atoms with van der Waals surface area (Å²) in [6.07, 6.45) is 0. The molecular weight excluding hydrogens is 248 g/mol. The van der Waals surface area contributed by atoms with Crippen molar-refractivity contribution in [3.05, 3.63) is 34.9 Å². The normalized spacial score (nSPS) is 9.59. The predicted molar refractivity (Wildman–Crippen MR) is 59.3 cm³/mol. The summed E-state index contributed by atoms with van der Waals surface area (Å²) in [5.41, 5.74) is 0.0331. The zero-order valence-electron chi connectivity index (χ0n) is 9.15. The first-order chi connectivity index (χ1) is 8.01. The van der Waals surface area contributed by atoms with Gasteiger partial charge < -0.3 is 9.47 Å². The monoisotopic (exact) mass is 256 g/mol. The summed E-state index contributed by atoms with van der Waals surface area (Å²) in [5.74, 6) is -1.33. The largest absolute Gasteiger partial charge is 0.465 e. The Hall–Kier alpha value is -1.88. The zero-order chi connectivity index (χ0) is 13.0. The van der Waals surface area contributed by atoms with Crippen LogP contribution in [0, 0.1) is 0 Å². The standard InChI is InChI=1S/C11H9ClO5/c1-16-10(14)6-3-4-7(11(15)17-2)8(5-6)9(12)13/h3-5H,1-2H3. The summed E-state index contributed by atoms with van der Waals surface area (Å²) in [5, 5.41) is -0.851. The minimum atomic E-state index is -0.851. The second-order valence-electron chi connectivity index (χ2n) is 3.02. The fourth-order valence-electron chi connectivity index (χ4n) is 1.24. The number of carbonyl (C=O) groups is 3. The van der Waals surface area contributed by atoms with E-state index in [1.165, 1.54) is 32.4 Å². The minimum Gasteiger partial charge on any atom is -0.465 e. The van der Waals surface area contributed by atoms with Gasteiger partial charge in [0.1, 0.15) is 0 Å². The molecule has 0 radical (unpaired) electrons. The first kappa shape index (κ1) is 13.2. The Kier molecular flexibility index (Phi) is 4.23. The summed E-state index contributed by atoms with van der Waals surface area (Å²) in [4.78, 5) is 33.7. The van der Waals surface area contributed by atoms with Gasteiger partial charge in [-0.25, -0.2) is 9.59 Å². The Morgan fingerprint density at radius 2 is 1.59 bits per heavy atom. The molecule has 90 valence electrons. The second kappa shape index (κ2) is 5.45. The Bertz CT molecular complexity index is 481. The Morgan fingerprint density at radius 1 is 1.00 bits per heavy atom. The molecule has 0 amide bonds. The summed E-state index contributed by atoms with van der Waals surface area (Å²) in [7, 11) is 2.39. The third-order valence-corrected chi connectivity index (χ3v) is 2.26. The average Bonchev–Trinajstić information content (AvgIpc) is 2.35. The van der Waals surface area contributed by atoms with Gasteiger partial charge in [-0.05, 0) is 29.8 Å². The lowest BCUT2D eigenvalue weighted by Crippen LogP contribution is -2.10. The molecule has 0 aromatic heterocycles. The molecule has 0 saturated carbocycles. The number of halogens is 1. The van der Waals surface area contributed by atoms with Gasteiger partial charge >= 0.3 is 11.9 Å². The molecule has 1 rings (SSSR count). The molecule has 0 N–H and O–H groups in total. The number of hydrogen-bond donors (Lipinski definition) is 0. The van der Waals surface area contributed by atoms with E-state index in [1.54, 1.807) is 0 Å². The number of esters is 2. The summed E-state index contributed by atoms with van der Waals surface area (Å²) >= 11 is 5.33. The molecule has 1 aromatic carbocycles. The number of carbonyl (C=O) groups excluding carboxylic acids is 3. The maximum Gasteiger partial charge on any atom is 0.338 e. The molecule has 0 unspecified atom stereocenters. The highest BCUT2D eigenvalue weighted by molar-refractivity contribution is 6.68. The van der Waals surface area contributed by atoms with E-state index in [4.69, 9.17) is 11.6 Å². The maximum atomic E-state index is 11.3. The summed E-state index contributed by atoms with van der Waals surface area (Å²) in [6, 6.07) is 3.82. The highest BCUT2D eigenvalue weighted by Crippen LogP contribution is 2.16. The topological polar surface area (TPSA) is 69.7 Å². The highest BCUT2D eigenvalue weighted by Gasteiger charge is 2.18. The SMILES string of the molecule is COC(=O)c1ccc(C(=O)OC)c(C(=O)Cl)c1. The Balaban J connectivity index is 3.32. The lowest BCUT2D eigenvalue weighted by atomic mass is 10.0. The number of methoxy groups -OCH3 is 2. The van der Waals surface area contributed by atoms with E-state index in [1.807, 2.05) is 0 Å². The van der Waals surface area contributed by atoms with Crippen molar-refractivity contribution < 1.29 is 23.9 Å². The smallest absolute Gasteiger partial charge is 0.338 e. The van der Waals surface area contributed by atoms with Crippen molar-refractivity contribution in [1.29, 1.82) is 0 Å². The lowest BCUT2D eigenvalue weighted by Gasteiger charge is -2.06. The molecule has 0 bridgehead atoms. The molecule has 0 aliphatic carbocycles. The molecule has 0 fully saturated rings. The molecule has 1 aromatic rings. The van der Waals surface area contributed by atoms with Gasteiger partial charge in [0.15, 0.2) is 0 Å². The van der Waals surface area contributed by atoms with E-state index in [0.717, 1.165) is 0 Å². The number of benzene rings is 1. The van der Waals surface area contributed by atoms with Crippen molar-refractivity contribution in [3.8, 4) is 0 Å². The molecule has 17 heavy (non-hydrogen) atoms. The van der Waals surface area contributed by atoms with Gasteiger partial charge in [-0.2, -0.15) is 0 Å². The van der Waals surface area contributed by atoms with Crippen LogP contribution in [0.2, 0.25) is 0 Å². The molecule has 0 aliphatic heterocycles. The zero-order valence-corrected chi connectivity index (χ0v) is 9.91. The van der Waals surface area contributed by atoms with Crippen LogP contribution in [0.1, 0.15) is 31.1 Å². The van der Waals surface area contributed by atoms with Crippen LogP contribution < -0.4 is 0 Å². The van der Waals surface area contributed by atoms with E-state index >= 15 is 0 Å². The third kappa shape index (κ3) is 2.82. The van der Waals surface area contributed by atoms with Crippen LogP contribution >= 0.6 is 11.6 Å². The van der Waals surface area contributed by atoms with Crippen LogP contribution in [0.5, 0.6) is 0 Å². The van der Waals surface area contributed by atoms with Crippen LogP contribution in [-0.4, -0.2) is 31.4 Å². The molecule has 0 saturated heterocycles. The van der Waals surface area contributed by atoms with E-state index in [0.29, 0.717) is 0 Å². The molecule has 0 heterocycles. The van der Waals surface area contributed by atoms with Gasteiger partial charge in [-0.15, -0.1) is 0 Å². The highest BCUT2D eigenvalue weighted by atomic mass is 35.5. The second-order valence-corrected chi connectivity index (χ2v) is 3.36. The quantitative estimate of drug-likeness (QED) is 0.607. The van der Waals surface area contributed by atoms with Gasteiger partial charge in [0, 0.05) is 5.56 Å². The fraction of sp³-hybridized carbons (Fsp3) is 0.182. The maximum absolute atomic E-state index is 11.3. The van der Waals surface area contributed by atoms with Crippen LogP contribution in [0.25, 0.3) is 0 Å². The van der Waals surface area contributed by atoms with Crippen LogP contribution in [0.4, 0.5) is 0 Å².